The first-order chi connectivity index (χ1) is 18.8. The molecule has 4 rings (SSSR count). The van der Waals surface area contributed by atoms with Gasteiger partial charge in [0.25, 0.3) is 0 Å². The van der Waals surface area contributed by atoms with Gasteiger partial charge in [-0.25, -0.2) is 0 Å². The van der Waals surface area contributed by atoms with Crippen LogP contribution in [0.2, 0.25) is 20.1 Å². The minimum absolute atomic E-state index is 0.0327. The molecule has 0 saturated heterocycles. The summed E-state index contributed by atoms with van der Waals surface area (Å²) in [6.07, 6.45) is 5.35. The van der Waals surface area contributed by atoms with Crippen LogP contribution < -0.4 is 0 Å². The minimum Gasteiger partial charge on any atom is -0.295 e. The second-order valence-electron chi connectivity index (χ2n) is 9.40. The van der Waals surface area contributed by atoms with Crippen molar-refractivity contribution in [3.05, 3.63) is 90.9 Å². The molecule has 212 valence electrons. The molecule has 0 amide bonds. The lowest BCUT2D eigenvalue weighted by Crippen LogP contribution is -2.23. The van der Waals surface area contributed by atoms with Crippen LogP contribution in [0.3, 0.4) is 0 Å². The van der Waals surface area contributed by atoms with E-state index >= 15 is 0 Å². The van der Waals surface area contributed by atoms with E-state index in [1.807, 2.05) is 45.0 Å². The molecule has 2 aromatic carbocycles. The van der Waals surface area contributed by atoms with Gasteiger partial charge in [-0.1, -0.05) is 95.7 Å². The fraction of sp³-hybridized carbons (Fsp3) is 0.333. The van der Waals surface area contributed by atoms with E-state index < -0.39 is 0 Å². The Kier molecular flexibility index (Phi) is 15.0. The van der Waals surface area contributed by atoms with E-state index in [9.17, 15) is 9.59 Å². The molecule has 0 saturated carbocycles. The molecule has 0 N–H and O–H groups in total. The van der Waals surface area contributed by atoms with E-state index in [-0.39, 0.29) is 41.6 Å². The second kappa shape index (κ2) is 17.1. The molecule has 0 spiro atoms. The van der Waals surface area contributed by atoms with Crippen LogP contribution in [-0.2, 0) is 28.8 Å². The normalized spacial score (nSPS) is 21.4. The summed E-state index contributed by atoms with van der Waals surface area (Å²) in [6.45, 7) is 8.05. The van der Waals surface area contributed by atoms with Gasteiger partial charge in [-0.3, -0.25) is 9.59 Å². The summed E-state index contributed by atoms with van der Waals surface area (Å²) in [7, 11) is 0. The molecule has 4 unspecified atom stereocenters. The number of allylic oxidation sites excluding steroid dienone is 4. The Bertz CT molecular complexity index is 1290. The monoisotopic (exact) mass is 624 g/mol. The Morgan fingerprint density at radius 1 is 0.675 bits per heavy atom. The fourth-order valence-corrected chi connectivity index (χ4v) is 5.58. The fourth-order valence-electron chi connectivity index (χ4n) is 4.68. The Balaban J connectivity index is 0.000000335. The van der Waals surface area contributed by atoms with Crippen molar-refractivity contribution in [1.82, 2.24) is 0 Å². The number of hydrogen-bond donors (Lipinski definition) is 0. The molecular formula is C30H28Cl4O6. The van der Waals surface area contributed by atoms with Gasteiger partial charge in [-0.05, 0) is 73.4 Å². The molecule has 0 aromatic heterocycles. The average molecular weight is 626 g/mol. The zero-order chi connectivity index (χ0) is 30.6. The van der Waals surface area contributed by atoms with Crippen molar-refractivity contribution in [3.63, 3.8) is 0 Å². The third kappa shape index (κ3) is 9.67. The molecule has 0 radical (unpaired) electrons. The van der Waals surface area contributed by atoms with Gasteiger partial charge >= 0.3 is 12.3 Å². The number of carbonyl (C=O) groups excluding carboxylic acids is 6. The molecule has 10 heteroatoms. The van der Waals surface area contributed by atoms with Gasteiger partial charge in [0, 0.05) is 12.3 Å². The topological polar surface area (TPSA) is 102 Å². The van der Waals surface area contributed by atoms with Crippen molar-refractivity contribution >= 4 is 70.3 Å². The summed E-state index contributed by atoms with van der Waals surface area (Å²) >= 11 is 24.5. The first-order valence-electron chi connectivity index (χ1n) is 12.1. The maximum absolute atomic E-state index is 11.8. The number of rotatable bonds is 2. The van der Waals surface area contributed by atoms with Crippen LogP contribution in [0.25, 0.3) is 0 Å². The smallest absolute Gasteiger partial charge is 0.295 e. The first-order valence-corrected chi connectivity index (χ1v) is 13.6. The highest BCUT2D eigenvalue weighted by Gasteiger charge is 2.30. The van der Waals surface area contributed by atoms with Crippen molar-refractivity contribution in [2.24, 2.45) is 11.8 Å². The number of hydrogen-bond acceptors (Lipinski definition) is 6. The minimum atomic E-state index is -0.0327. The quantitative estimate of drug-likeness (QED) is 0.334. The Hall–Kier alpha value is -2.82. The molecule has 0 fully saturated rings. The summed E-state index contributed by atoms with van der Waals surface area (Å²) in [5.74, 6) is 0.909. The highest BCUT2D eigenvalue weighted by atomic mass is 35.5. The summed E-state index contributed by atoms with van der Waals surface area (Å²) < 4.78 is 0. The number of carbonyl (C=O) groups is 2. The maximum atomic E-state index is 11.8. The van der Waals surface area contributed by atoms with Crippen molar-refractivity contribution in [1.29, 1.82) is 0 Å². The third-order valence-electron chi connectivity index (χ3n) is 6.88. The highest BCUT2D eigenvalue weighted by Crippen LogP contribution is 2.42. The molecule has 2 aliphatic carbocycles. The van der Waals surface area contributed by atoms with Crippen LogP contribution in [0.15, 0.2) is 59.7 Å². The highest BCUT2D eigenvalue weighted by molar-refractivity contribution is 6.43. The standard InChI is InChI=1S/2C14H14Cl2O.2CO2/c1-8-6-10(17)7-12(9(8)2)11-4-3-5-13(15)14(11)16;1-8-6-11(9(2)13(17)7-8)10-4-3-5-12(15)14(10)16;2*2-1-3/h3-6,9,12H,7H2,1-2H3;3-5,7,9,11H,6H2,1-2H3;;. The number of halogens is 4. The van der Waals surface area contributed by atoms with E-state index in [1.165, 1.54) is 0 Å². The predicted octanol–water partition coefficient (Wildman–Crippen LogP) is 8.10. The van der Waals surface area contributed by atoms with Crippen LogP contribution >= 0.6 is 46.4 Å². The summed E-state index contributed by atoms with van der Waals surface area (Å²) in [4.78, 5) is 56.0. The molecule has 0 aliphatic heterocycles. The second-order valence-corrected chi connectivity index (χ2v) is 11.0. The Labute approximate surface area is 253 Å². The van der Waals surface area contributed by atoms with E-state index in [4.69, 9.17) is 65.6 Å². The molecular weight excluding hydrogens is 598 g/mol. The van der Waals surface area contributed by atoms with Crippen LogP contribution in [0, 0.1) is 11.8 Å². The van der Waals surface area contributed by atoms with Gasteiger partial charge in [0.05, 0.1) is 20.1 Å². The van der Waals surface area contributed by atoms with Crippen molar-refractivity contribution in [2.75, 3.05) is 0 Å². The van der Waals surface area contributed by atoms with Crippen LogP contribution in [-0.4, -0.2) is 23.9 Å². The van der Waals surface area contributed by atoms with Crippen molar-refractivity contribution in [2.45, 2.75) is 52.4 Å². The summed E-state index contributed by atoms with van der Waals surface area (Å²) in [5, 5.41) is 2.26. The molecule has 4 atom stereocenters. The molecule has 6 nitrogen and oxygen atoms in total. The van der Waals surface area contributed by atoms with Gasteiger partial charge in [-0.2, -0.15) is 19.2 Å². The third-order valence-corrected chi connectivity index (χ3v) is 8.54. The maximum Gasteiger partial charge on any atom is 0.373 e. The zero-order valence-corrected chi connectivity index (χ0v) is 25.3. The molecule has 0 heterocycles. The Morgan fingerprint density at radius 3 is 1.55 bits per heavy atom. The van der Waals surface area contributed by atoms with Crippen LogP contribution in [0.4, 0.5) is 0 Å². The zero-order valence-electron chi connectivity index (χ0n) is 22.3. The van der Waals surface area contributed by atoms with E-state index in [0.29, 0.717) is 32.4 Å². The van der Waals surface area contributed by atoms with E-state index in [0.717, 1.165) is 28.7 Å². The largest absolute Gasteiger partial charge is 0.373 e. The average Bonchev–Trinajstić information content (AvgIpc) is 2.88. The molecule has 40 heavy (non-hydrogen) atoms. The molecule has 2 aromatic rings. The SMILES string of the molecule is CC1=CC(=O)C(C)C(c2cccc(Cl)c2Cl)C1.CC1=CC(=O)CC(c2cccc(Cl)c2Cl)C1C.O=C=O.O=C=O. The number of benzene rings is 2. The van der Waals surface area contributed by atoms with Gasteiger partial charge in [0.15, 0.2) is 11.6 Å². The van der Waals surface area contributed by atoms with Gasteiger partial charge in [0.1, 0.15) is 0 Å². The van der Waals surface area contributed by atoms with Crippen LogP contribution in [0.1, 0.15) is 63.5 Å². The van der Waals surface area contributed by atoms with E-state index in [2.05, 4.69) is 6.92 Å². The van der Waals surface area contributed by atoms with E-state index in [1.54, 1.807) is 24.3 Å². The van der Waals surface area contributed by atoms with Gasteiger partial charge < -0.3 is 0 Å². The van der Waals surface area contributed by atoms with Crippen molar-refractivity contribution < 1.29 is 28.8 Å². The van der Waals surface area contributed by atoms with Crippen LogP contribution in [0.5, 0.6) is 0 Å². The molecule has 2 aliphatic rings. The lowest BCUT2D eigenvalue weighted by Gasteiger charge is -2.29. The van der Waals surface area contributed by atoms with Gasteiger partial charge in [-0.15, -0.1) is 0 Å². The van der Waals surface area contributed by atoms with Gasteiger partial charge in [0.2, 0.25) is 0 Å². The summed E-state index contributed by atoms with van der Waals surface area (Å²) in [5.41, 5.74) is 4.18. The summed E-state index contributed by atoms with van der Waals surface area (Å²) in [6, 6.07) is 11.2. The predicted molar refractivity (Wildman–Crippen MR) is 154 cm³/mol. The first kappa shape index (κ1) is 35.2. The number of ketones is 2. The molecule has 0 bridgehead atoms. The lowest BCUT2D eigenvalue weighted by atomic mass is 9.76. The Morgan fingerprint density at radius 2 is 1.10 bits per heavy atom. The lowest BCUT2D eigenvalue weighted by molar-refractivity contribution is -0.193. The van der Waals surface area contributed by atoms with Crippen molar-refractivity contribution in [3.8, 4) is 0 Å².